The van der Waals surface area contributed by atoms with Crippen molar-refractivity contribution >= 4 is 21.6 Å². The zero-order valence-corrected chi connectivity index (χ0v) is 20.1. The monoisotopic (exact) mass is 480 g/mol. The van der Waals surface area contributed by atoms with Crippen LogP contribution in [0.2, 0.25) is 0 Å². The van der Waals surface area contributed by atoms with Crippen LogP contribution in [-0.2, 0) is 21.4 Å². The fourth-order valence-electron chi connectivity index (χ4n) is 4.06. The second kappa shape index (κ2) is 9.90. The topological polar surface area (TPSA) is 101 Å². The lowest BCUT2D eigenvalue weighted by atomic mass is 10.1. The average molecular weight is 481 g/mol. The number of benzene rings is 2. The van der Waals surface area contributed by atoms with Crippen molar-refractivity contribution in [1.82, 2.24) is 14.1 Å². The largest absolute Gasteiger partial charge is 0.324 e. The number of aryl methyl sites for hydroxylation is 2. The summed E-state index contributed by atoms with van der Waals surface area (Å²) in [4.78, 5) is 25.1. The van der Waals surface area contributed by atoms with Crippen LogP contribution in [0.3, 0.4) is 0 Å². The van der Waals surface area contributed by atoms with Gasteiger partial charge < -0.3 is 5.32 Å². The highest BCUT2D eigenvalue weighted by atomic mass is 32.2. The summed E-state index contributed by atoms with van der Waals surface area (Å²) in [6, 6.07) is 15.4. The van der Waals surface area contributed by atoms with Crippen LogP contribution in [0.4, 0.5) is 5.69 Å². The van der Waals surface area contributed by atoms with E-state index in [0.29, 0.717) is 35.6 Å². The number of nitrogens with one attached hydrogen (secondary N) is 1. The van der Waals surface area contributed by atoms with E-state index in [1.165, 1.54) is 10.4 Å². The molecule has 2 heterocycles. The molecule has 0 atom stereocenters. The lowest BCUT2D eigenvalue weighted by molar-refractivity contribution is -0.117. The van der Waals surface area contributed by atoms with E-state index in [-0.39, 0.29) is 17.3 Å². The molecule has 0 saturated carbocycles. The second-order valence-corrected chi connectivity index (χ2v) is 10.5. The molecule has 2 aromatic carbocycles. The van der Waals surface area contributed by atoms with Crippen molar-refractivity contribution in [2.45, 2.75) is 44.6 Å². The van der Waals surface area contributed by atoms with E-state index in [9.17, 15) is 18.0 Å². The van der Waals surface area contributed by atoms with Crippen molar-refractivity contribution < 1.29 is 13.2 Å². The number of hydrogen-bond donors (Lipinski definition) is 1. The van der Waals surface area contributed by atoms with Crippen molar-refractivity contribution in [3.8, 4) is 11.3 Å². The number of sulfonamides is 1. The lowest BCUT2D eigenvalue weighted by Gasteiger charge is -2.26. The Bertz CT molecular complexity index is 1380. The van der Waals surface area contributed by atoms with Gasteiger partial charge in [-0.2, -0.15) is 9.40 Å². The van der Waals surface area contributed by atoms with Gasteiger partial charge in [-0.15, -0.1) is 0 Å². The van der Waals surface area contributed by atoms with E-state index in [1.807, 2.05) is 25.1 Å². The van der Waals surface area contributed by atoms with E-state index in [1.54, 1.807) is 37.3 Å². The molecule has 4 rings (SSSR count). The summed E-state index contributed by atoms with van der Waals surface area (Å²) in [6.45, 7) is 4.47. The third-order valence-corrected chi connectivity index (χ3v) is 7.92. The van der Waals surface area contributed by atoms with Crippen LogP contribution in [0, 0.1) is 13.8 Å². The van der Waals surface area contributed by atoms with Crippen molar-refractivity contribution in [2.75, 3.05) is 18.4 Å². The highest BCUT2D eigenvalue weighted by Crippen LogP contribution is 2.27. The standard InChI is InChI=1S/C25H28N4O4S/c1-18-7-6-8-21(15-18)26-24(30)17-29-25(31)12-11-22(27-29)20-10-9-19(2)23(16-20)34(32,33)28-13-4-3-5-14-28/h6-12,15-16H,3-5,13-14,17H2,1-2H3,(H,26,30). The maximum absolute atomic E-state index is 13.3. The van der Waals surface area contributed by atoms with Gasteiger partial charge in [0.2, 0.25) is 15.9 Å². The molecule has 1 N–H and O–H groups in total. The molecule has 1 aliphatic rings. The third kappa shape index (κ3) is 5.26. The van der Waals surface area contributed by atoms with E-state index in [2.05, 4.69) is 10.4 Å². The fourth-order valence-corrected chi connectivity index (χ4v) is 5.83. The first-order valence-electron chi connectivity index (χ1n) is 11.3. The van der Waals surface area contributed by atoms with Crippen LogP contribution < -0.4 is 10.9 Å². The summed E-state index contributed by atoms with van der Waals surface area (Å²) in [5.41, 5.74) is 2.86. The number of amides is 1. The molecule has 1 saturated heterocycles. The normalized spacial score (nSPS) is 14.6. The molecule has 1 aliphatic heterocycles. The van der Waals surface area contributed by atoms with Gasteiger partial charge >= 0.3 is 0 Å². The SMILES string of the molecule is Cc1cccc(NC(=O)Cn2nc(-c3ccc(C)c(S(=O)(=O)N4CCCCC4)c3)ccc2=O)c1. The summed E-state index contributed by atoms with van der Waals surface area (Å²) in [6.07, 6.45) is 2.75. The van der Waals surface area contributed by atoms with E-state index in [0.717, 1.165) is 29.5 Å². The van der Waals surface area contributed by atoms with Crippen LogP contribution in [0.15, 0.2) is 64.3 Å². The summed E-state index contributed by atoms with van der Waals surface area (Å²) in [5.74, 6) is -0.380. The Morgan fingerprint density at radius 3 is 2.50 bits per heavy atom. The number of carbonyl (C=O) groups is 1. The Hall–Kier alpha value is -3.30. The summed E-state index contributed by atoms with van der Waals surface area (Å²) < 4.78 is 29.1. The predicted molar refractivity (Wildman–Crippen MR) is 131 cm³/mol. The Labute approximate surface area is 199 Å². The van der Waals surface area contributed by atoms with Gasteiger partial charge in [0.25, 0.3) is 5.56 Å². The number of carbonyl (C=O) groups excluding carboxylic acids is 1. The molecular formula is C25H28N4O4S. The number of aromatic nitrogens is 2. The molecule has 9 heteroatoms. The summed E-state index contributed by atoms with van der Waals surface area (Å²) in [5, 5.41) is 7.11. The Kier molecular flexibility index (Phi) is 6.95. The molecule has 0 bridgehead atoms. The van der Waals surface area contributed by atoms with Gasteiger partial charge in [0.1, 0.15) is 6.54 Å². The van der Waals surface area contributed by atoms with Gasteiger partial charge in [0.15, 0.2) is 0 Å². The molecule has 0 unspecified atom stereocenters. The first kappa shape index (κ1) is 23.8. The number of nitrogens with zero attached hydrogens (tertiary/aromatic N) is 3. The number of piperidine rings is 1. The van der Waals surface area contributed by atoms with Crippen molar-refractivity contribution in [3.63, 3.8) is 0 Å². The van der Waals surface area contributed by atoms with Gasteiger partial charge in [-0.3, -0.25) is 9.59 Å². The van der Waals surface area contributed by atoms with Crippen LogP contribution >= 0.6 is 0 Å². The van der Waals surface area contributed by atoms with Crippen LogP contribution in [0.1, 0.15) is 30.4 Å². The number of hydrogen-bond acceptors (Lipinski definition) is 5. The minimum atomic E-state index is -3.63. The summed E-state index contributed by atoms with van der Waals surface area (Å²) in [7, 11) is -3.63. The number of anilines is 1. The molecule has 34 heavy (non-hydrogen) atoms. The molecule has 1 fully saturated rings. The maximum Gasteiger partial charge on any atom is 0.267 e. The lowest BCUT2D eigenvalue weighted by Crippen LogP contribution is -2.36. The van der Waals surface area contributed by atoms with E-state index in [4.69, 9.17) is 0 Å². The molecule has 3 aromatic rings. The highest BCUT2D eigenvalue weighted by Gasteiger charge is 2.27. The molecule has 1 aromatic heterocycles. The zero-order valence-electron chi connectivity index (χ0n) is 19.3. The van der Waals surface area contributed by atoms with Gasteiger partial charge in [0.05, 0.1) is 10.6 Å². The Morgan fingerprint density at radius 2 is 1.76 bits per heavy atom. The molecule has 8 nitrogen and oxygen atoms in total. The van der Waals surface area contributed by atoms with Gasteiger partial charge in [0, 0.05) is 30.4 Å². The fraction of sp³-hybridized carbons (Fsp3) is 0.320. The van der Waals surface area contributed by atoms with Gasteiger partial charge in [-0.25, -0.2) is 13.1 Å². The van der Waals surface area contributed by atoms with Crippen molar-refractivity contribution in [2.24, 2.45) is 0 Å². The average Bonchev–Trinajstić information content (AvgIpc) is 2.81. The Morgan fingerprint density at radius 1 is 1.00 bits per heavy atom. The van der Waals surface area contributed by atoms with Crippen LogP contribution in [0.25, 0.3) is 11.3 Å². The van der Waals surface area contributed by atoms with Crippen molar-refractivity contribution in [3.05, 3.63) is 76.1 Å². The van der Waals surface area contributed by atoms with Gasteiger partial charge in [-0.1, -0.05) is 30.7 Å². The van der Waals surface area contributed by atoms with E-state index < -0.39 is 15.6 Å². The van der Waals surface area contributed by atoms with Crippen LogP contribution in [0.5, 0.6) is 0 Å². The zero-order chi connectivity index (χ0) is 24.3. The highest BCUT2D eigenvalue weighted by molar-refractivity contribution is 7.89. The van der Waals surface area contributed by atoms with Crippen molar-refractivity contribution in [1.29, 1.82) is 0 Å². The van der Waals surface area contributed by atoms with E-state index >= 15 is 0 Å². The first-order chi connectivity index (χ1) is 16.2. The Balaban J connectivity index is 1.60. The molecule has 178 valence electrons. The molecular weight excluding hydrogens is 452 g/mol. The van der Waals surface area contributed by atoms with Gasteiger partial charge in [-0.05, 0) is 62.1 Å². The molecule has 0 spiro atoms. The summed E-state index contributed by atoms with van der Waals surface area (Å²) >= 11 is 0. The minimum Gasteiger partial charge on any atom is -0.324 e. The quantitative estimate of drug-likeness (QED) is 0.583. The minimum absolute atomic E-state index is 0.239. The third-order valence-electron chi connectivity index (χ3n) is 5.88. The predicted octanol–water partition coefficient (Wildman–Crippen LogP) is 3.34. The number of rotatable bonds is 6. The first-order valence-corrected chi connectivity index (χ1v) is 12.7. The maximum atomic E-state index is 13.3. The molecule has 0 radical (unpaired) electrons. The smallest absolute Gasteiger partial charge is 0.267 e. The molecule has 0 aliphatic carbocycles. The van der Waals surface area contributed by atoms with Crippen LogP contribution in [-0.4, -0.2) is 41.5 Å². The second-order valence-electron chi connectivity index (χ2n) is 8.58. The molecule has 1 amide bonds.